The van der Waals surface area contributed by atoms with E-state index in [0.29, 0.717) is 0 Å². The smallest absolute Gasteiger partial charge is 0.324 e. The minimum Gasteiger partial charge on any atom is -0.324 e. The molecule has 0 aromatic heterocycles. The van der Waals surface area contributed by atoms with Crippen molar-refractivity contribution in [2.75, 3.05) is 27.8 Å². The summed E-state index contributed by atoms with van der Waals surface area (Å²) in [6.07, 6.45) is 4.56. The zero-order valence-corrected chi connectivity index (χ0v) is 10.2. The van der Waals surface area contributed by atoms with E-state index in [-0.39, 0.29) is 6.03 Å². The molecule has 5 heteroatoms. The van der Waals surface area contributed by atoms with E-state index in [1.807, 2.05) is 0 Å². The van der Waals surface area contributed by atoms with Crippen molar-refractivity contribution in [3.8, 4) is 0 Å². The third-order valence-electron chi connectivity index (χ3n) is 2.16. The van der Waals surface area contributed by atoms with Gasteiger partial charge in [-0.25, -0.2) is 14.5 Å². The maximum atomic E-state index is 11.6. The van der Waals surface area contributed by atoms with Gasteiger partial charge in [-0.15, -0.1) is 0 Å². The maximum absolute atomic E-state index is 11.6. The molecule has 0 unspecified atom stereocenters. The summed E-state index contributed by atoms with van der Waals surface area (Å²) >= 11 is 0. The molecule has 0 heterocycles. The number of amides is 2. The monoisotopic (exact) mass is 218 g/mol. The molecule has 0 aliphatic carbocycles. The van der Waals surface area contributed by atoms with Crippen LogP contribution in [0.1, 0.15) is 32.6 Å². The molecular formula is C10H22N2O3. The van der Waals surface area contributed by atoms with Crippen LogP contribution in [0, 0.1) is 0 Å². The summed E-state index contributed by atoms with van der Waals surface area (Å²) in [5, 5.41) is 0.861. The van der Waals surface area contributed by atoms with Gasteiger partial charge in [0.1, 0.15) is 0 Å². The topological polar surface area (TPSA) is 42.0 Å². The summed E-state index contributed by atoms with van der Waals surface area (Å²) in [7, 11) is 4.53. The summed E-state index contributed by atoms with van der Waals surface area (Å²) in [5.74, 6) is 0. The quantitative estimate of drug-likeness (QED) is 0.485. The third-order valence-corrected chi connectivity index (χ3v) is 2.16. The fraction of sp³-hybridized carbons (Fsp3) is 0.900. The molecule has 0 bridgehead atoms. The van der Waals surface area contributed by atoms with Gasteiger partial charge in [0.25, 0.3) is 0 Å². The molecule has 0 fully saturated rings. The van der Waals surface area contributed by atoms with Gasteiger partial charge in [0, 0.05) is 13.6 Å². The Kier molecular flexibility index (Phi) is 8.04. The second kappa shape index (κ2) is 8.49. The Labute approximate surface area is 91.8 Å². The molecular weight excluding hydrogens is 196 g/mol. The van der Waals surface area contributed by atoms with E-state index in [9.17, 15) is 4.79 Å². The van der Waals surface area contributed by atoms with Crippen molar-refractivity contribution in [3.05, 3.63) is 0 Å². The average Bonchev–Trinajstić information content (AvgIpc) is 2.25. The van der Waals surface area contributed by atoms with Crippen LogP contribution in [-0.2, 0) is 9.68 Å². The first kappa shape index (κ1) is 14.2. The van der Waals surface area contributed by atoms with Crippen LogP contribution in [0.25, 0.3) is 0 Å². The van der Waals surface area contributed by atoms with Gasteiger partial charge in [0.15, 0.2) is 0 Å². The molecule has 0 saturated carbocycles. The number of unbranched alkanes of at least 4 members (excludes halogenated alkanes) is 3. The number of hydrogen-bond donors (Lipinski definition) is 0. The van der Waals surface area contributed by atoms with Crippen molar-refractivity contribution < 1.29 is 14.5 Å². The van der Waals surface area contributed by atoms with E-state index >= 15 is 0 Å². The Bertz CT molecular complexity index is 172. The van der Waals surface area contributed by atoms with Crippen molar-refractivity contribution in [1.29, 1.82) is 0 Å². The zero-order valence-electron chi connectivity index (χ0n) is 10.2. The average molecular weight is 218 g/mol. The molecule has 0 spiro atoms. The number of nitrogens with zero attached hydrogens (tertiary/aromatic N) is 2. The summed E-state index contributed by atoms with van der Waals surface area (Å²) in [4.78, 5) is 22.6. The minimum atomic E-state index is -0.281. The minimum absolute atomic E-state index is 0.281. The summed E-state index contributed by atoms with van der Waals surface area (Å²) in [6, 6.07) is -0.281. The van der Waals surface area contributed by atoms with Crippen molar-refractivity contribution >= 4 is 6.03 Å². The van der Waals surface area contributed by atoms with Gasteiger partial charge >= 0.3 is 6.03 Å². The molecule has 0 aromatic rings. The highest BCUT2D eigenvalue weighted by Gasteiger charge is 2.17. The van der Waals surface area contributed by atoms with Gasteiger partial charge in [-0.1, -0.05) is 31.4 Å². The number of hydroxylamine groups is 2. The SMILES string of the molecule is CCCCCCN(C)C(=O)N(OC)OC. The Morgan fingerprint density at radius 3 is 2.20 bits per heavy atom. The summed E-state index contributed by atoms with van der Waals surface area (Å²) < 4.78 is 0. The normalized spacial score (nSPS) is 10.1. The highest BCUT2D eigenvalue weighted by atomic mass is 16.9. The van der Waals surface area contributed by atoms with Gasteiger partial charge in [-0.2, -0.15) is 0 Å². The van der Waals surface area contributed by atoms with Crippen LogP contribution in [0.3, 0.4) is 0 Å². The van der Waals surface area contributed by atoms with Crippen LogP contribution in [-0.4, -0.2) is 44.0 Å². The largest absolute Gasteiger partial charge is 0.369 e. The van der Waals surface area contributed by atoms with Gasteiger partial charge < -0.3 is 4.90 Å². The molecule has 5 nitrogen and oxygen atoms in total. The van der Waals surface area contributed by atoms with Crippen molar-refractivity contribution in [1.82, 2.24) is 10.1 Å². The maximum Gasteiger partial charge on any atom is 0.369 e. The second-order valence-corrected chi connectivity index (χ2v) is 3.39. The second-order valence-electron chi connectivity index (χ2n) is 3.39. The first-order valence-electron chi connectivity index (χ1n) is 5.30. The third kappa shape index (κ3) is 5.59. The van der Waals surface area contributed by atoms with Crippen LogP contribution < -0.4 is 0 Å². The standard InChI is InChI=1S/C10H22N2O3/c1-5-6-7-8-9-11(2)10(13)12(14-3)15-4/h5-9H2,1-4H3. The van der Waals surface area contributed by atoms with Crippen molar-refractivity contribution in [3.63, 3.8) is 0 Å². The lowest BCUT2D eigenvalue weighted by atomic mass is 10.2. The number of urea groups is 1. The lowest BCUT2D eigenvalue weighted by Gasteiger charge is -2.23. The molecule has 0 aliphatic rings. The lowest BCUT2D eigenvalue weighted by Crippen LogP contribution is -2.40. The summed E-state index contributed by atoms with van der Waals surface area (Å²) in [5.41, 5.74) is 0. The Balaban J connectivity index is 3.77. The van der Waals surface area contributed by atoms with E-state index < -0.39 is 0 Å². The van der Waals surface area contributed by atoms with E-state index in [0.717, 1.165) is 24.6 Å². The molecule has 0 rings (SSSR count). The fourth-order valence-electron chi connectivity index (χ4n) is 1.24. The first-order valence-corrected chi connectivity index (χ1v) is 5.30. The molecule has 2 amide bonds. The van der Waals surface area contributed by atoms with Crippen LogP contribution in [0.5, 0.6) is 0 Å². The molecule has 0 atom stereocenters. The number of rotatable bonds is 7. The van der Waals surface area contributed by atoms with Gasteiger partial charge in [0.05, 0.1) is 14.2 Å². The van der Waals surface area contributed by atoms with E-state index in [4.69, 9.17) is 9.68 Å². The van der Waals surface area contributed by atoms with Gasteiger partial charge in [-0.05, 0) is 6.42 Å². The van der Waals surface area contributed by atoms with Crippen LogP contribution in [0.4, 0.5) is 4.79 Å². The predicted octanol–water partition coefficient (Wildman–Crippen LogP) is 2.04. The van der Waals surface area contributed by atoms with Crippen molar-refractivity contribution in [2.24, 2.45) is 0 Å². The predicted molar refractivity (Wildman–Crippen MR) is 58.0 cm³/mol. The van der Waals surface area contributed by atoms with Gasteiger partial charge in [-0.3, -0.25) is 0 Å². The molecule has 0 radical (unpaired) electrons. The van der Waals surface area contributed by atoms with Crippen molar-refractivity contribution in [2.45, 2.75) is 32.6 Å². The van der Waals surface area contributed by atoms with E-state index in [1.54, 1.807) is 11.9 Å². The number of hydrogen-bond acceptors (Lipinski definition) is 3. The zero-order chi connectivity index (χ0) is 11.7. The lowest BCUT2D eigenvalue weighted by molar-refractivity contribution is -0.302. The Hall–Kier alpha value is -0.810. The Morgan fingerprint density at radius 1 is 1.13 bits per heavy atom. The molecule has 0 aromatic carbocycles. The highest BCUT2D eigenvalue weighted by molar-refractivity contribution is 5.71. The van der Waals surface area contributed by atoms with Crippen LogP contribution in [0.2, 0.25) is 0 Å². The molecule has 0 aliphatic heterocycles. The molecule has 0 saturated heterocycles. The first-order chi connectivity index (χ1) is 7.17. The van der Waals surface area contributed by atoms with Gasteiger partial charge in [0.2, 0.25) is 0 Å². The fourth-order valence-corrected chi connectivity index (χ4v) is 1.24. The van der Waals surface area contributed by atoms with Crippen LogP contribution >= 0.6 is 0 Å². The van der Waals surface area contributed by atoms with E-state index in [1.165, 1.54) is 27.1 Å². The molecule has 0 N–H and O–H groups in total. The highest BCUT2D eigenvalue weighted by Crippen LogP contribution is 2.03. The Morgan fingerprint density at radius 2 is 1.73 bits per heavy atom. The summed E-state index contributed by atoms with van der Waals surface area (Å²) in [6.45, 7) is 2.88. The van der Waals surface area contributed by atoms with Crippen LogP contribution in [0.15, 0.2) is 0 Å². The van der Waals surface area contributed by atoms with E-state index in [2.05, 4.69) is 6.92 Å². The molecule has 90 valence electrons. The number of carbonyl (C=O) groups excluding carboxylic acids is 1. The number of carbonyl (C=O) groups is 1. The molecule has 15 heavy (non-hydrogen) atoms.